The molecule has 0 spiro atoms. The Morgan fingerprint density at radius 1 is 1.09 bits per heavy atom. The summed E-state index contributed by atoms with van der Waals surface area (Å²) in [5, 5.41) is 0. The van der Waals surface area contributed by atoms with Crippen LogP contribution < -0.4 is 4.74 Å². The van der Waals surface area contributed by atoms with Crippen LogP contribution in [0.25, 0.3) is 6.08 Å². The van der Waals surface area contributed by atoms with E-state index in [1.54, 1.807) is 13.2 Å². The zero-order valence-corrected chi connectivity index (χ0v) is 13.3. The van der Waals surface area contributed by atoms with E-state index in [0.717, 1.165) is 22.3 Å². The second kappa shape index (κ2) is 6.08. The van der Waals surface area contributed by atoms with Crippen molar-refractivity contribution in [3.8, 4) is 5.75 Å². The van der Waals surface area contributed by atoms with Gasteiger partial charge in [0.25, 0.3) is 0 Å². The lowest BCUT2D eigenvalue weighted by Gasteiger charge is -2.03. The molecule has 4 nitrogen and oxygen atoms in total. The third-order valence-electron chi connectivity index (χ3n) is 3.52. The van der Waals surface area contributed by atoms with Gasteiger partial charge in [0.05, 0.1) is 7.11 Å². The summed E-state index contributed by atoms with van der Waals surface area (Å²) in [5.74, 6) is 0.566. The van der Waals surface area contributed by atoms with Gasteiger partial charge in [-0.1, -0.05) is 35.4 Å². The summed E-state index contributed by atoms with van der Waals surface area (Å²) < 4.78 is 10.6. The van der Waals surface area contributed by atoms with Crippen molar-refractivity contribution in [3.63, 3.8) is 0 Å². The van der Waals surface area contributed by atoms with E-state index in [4.69, 9.17) is 9.47 Å². The Labute approximate surface area is 135 Å². The summed E-state index contributed by atoms with van der Waals surface area (Å²) in [6.07, 6.45) is 1.68. The second-order valence-corrected chi connectivity index (χ2v) is 5.45. The summed E-state index contributed by atoms with van der Waals surface area (Å²) in [7, 11) is 1.59. The molecular formula is C19H17NO3. The quantitative estimate of drug-likeness (QED) is 0.642. The Morgan fingerprint density at radius 2 is 1.78 bits per heavy atom. The molecule has 1 aliphatic heterocycles. The van der Waals surface area contributed by atoms with E-state index in [-0.39, 0.29) is 5.70 Å². The number of carbonyl (C=O) groups excluding carboxylic acids is 1. The number of hydrogen-bond acceptors (Lipinski definition) is 4. The van der Waals surface area contributed by atoms with E-state index in [1.807, 2.05) is 50.2 Å². The van der Waals surface area contributed by atoms with Gasteiger partial charge in [0, 0.05) is 11.1 Å². The smallest absolute Gasteiger partial charge is 0.363 e. The first-order valence-electron chi connectivity index (χ1n) is 7.31. The summed E-state index contributed by atoms with van der Waals surface area (Å²) in [5.41, 5.74) is 4.05. The van der Waals surface area contributed by atoms with Crippen molar-refractivity contribution in [3.05, 3.63) is 70.4 Å². The van der Waals surface area contributed by atoms with Crippen LogP contribution in [0.4, 0.5) is 0 Å². The zero-order valence-electron chi connectivity index (χ0n) is 13.3. The van der Waals surface area contributed by atoms with Crippen LogP contribution in [0.3, 0.4) is 0 Å². The van der Waals surface area contributed by atoms with Crippen LogP contribution >= 0.6 is 0 Å². The van der Waals surface area contributed by atoms with Crippen molar-refractivity contribution in [2.45, 2.75) is 13.8 Å². The number of benzene rings is 2. The van der Waals surface area contributed by atoms with E-state index in [0.29, 0.717) is 11.6 Å². The monoisotopic (exact) mass is 307 g/mol. The van der Waals surface area contributed by atoms with E-state index in [2.05, 4.69) is 11.1 Å². The molecule has 0 bridgehead atoms. The molecule has 0 aliphatic carbocycles. The Morgan fingerprint density at radius 3 is 2.48 bits per heavy atom. The van der Waals surface area contributed by atoms with Gasteiger partial charge in [-0.2, -0.15) is 0 Å². The van der Waals surface area contributed by atoms with Crippen LogP contribution in [-0.4, -0.2) is 19.0 Å². The topological polar surface area (TPSA) is 47.9 Å². The number of para-hydroxylation sites is 1. The Kier molecular flexibility index (Phi) is 3.98. The van der Waals surface area contributed by atoms with Crippen molar-refractivity contribution in [2.75, 3.05) is 7.11 Å². The number of ether oxygens (including phenoxy) is 2. The maximum Gasteiger partial charge on any atom is 0.363 e. The summed E-state index contributed by atoms with van der Waals surface area (Å²) in [6.45, 7) is 4.00. The Balaban J connectivity index is 1.99. The van der Waals surface area contributed by atoms with E-state index in [9.17, 15) is 4.79 Å². The van der Waals surface area contributed by atoms with Crippen molar-refractivity contribution in [1.29, 1.82) is 0 Å². The zero-order chi connectivity index (χ0) is 16.4. The predicted octanol–water partition coefficient (Wildman–Crippen LogP) is 3.66. The average Bonchev–Trinajstić information content (AvgIpc) is 2.88. The highest BCUT2D eigenvalue weighted by Crippen LogP contribution is 2.24. The molecule has 3 rings (SSSR count). The van der Waals surface area contributed by atoms with Gasteiger partial charge >= 0.3 is 5.97 Å². The molecule has 0 fully saturated rings. The first-order valence-corrected chi connectivity index (χ1v) is 7.31. The molecular weight excluding hydrogens is 290 g/mol. The number of esters is 1. The first kappa shape index (κ1) is 15.0. The van der Waals surface area contributed by atoms with Gasteiger partial charge in [0.2, 0.25) is 5.90 Å². The molecule has 1 heterocycles. The second-order valence-electron chi connectivity index (χ2n) is 5.45. The minimum absolute atomic E-state index is 0.267. The molecule has 0 radical (unpaired) electrons. The van der Waals surface area contributed by atoms with Crippen molar-refractivity contribution < 1.29 is 14.3 Å². The molecule has 0 N–H and O–H groups in total. The maximum absolute atomic E-state index is 12.1. The fraction of sp³-hybridized carbons (Fsp3) is 0.158. The molecule has 23 heavy (non-hydrogen) atoms. The maximum atomic E-state index is 12.1. The molecule has 0 saturated heterocycles. The lowest BCUT2D eigenvalue weighted by atomic mass is 10.1. The van der Waals surface area contributed by atoms with E-state index in [1.165, 1.54) is 0 Å². The molecule has 0 atom stereocenters. The SMILES string of the molecule is COc1ccccc1/C=C1\N=C(c2cc(C)cc(C)c2)OC1=O. The third-order valence-corrected chi connectivity index (χ3v) is 3.52. The molecule has 0 aromatic heterocycles. The first-order chi connectivity index (χ1) is 11.1. The summed E-state index contributed by atoms with van der Waals surface area (Å²) in [4.78, 5) is 16.4. The molecule has 2 aromatic rings. The van der Waals surface area contributed by atoms with Crippen LogP contribution in [0, 0.1) is 13.8 Å². The Bertz CT molecular complexity index is 814. The van der Waals surface area contributed by atoms with Gasteiger partial charge in [0.1, 0.15) is 5.75 Å². The molecule has 0 saturated carbocycles. The molecule has 2 aromatic carbocycles. The normalized spacial score (nSPS) is 15.5. The number of carbonyl (C=O) groups is 1. The van der Waals surface area contributed by atoms with Crippen LogP contribution in [0.1, 0.15) is 22.3 Å². The molecule has 0 amide bonds. The highest BCUT2D eigenvalue weighted by Gasteiger charge is 2.24. The van der Waals surface area contributed by atoms with Crippen LogP contribution in [0.15, 0.2) is 53.2 Å². The standard InChI is InChI=1S/C19H17NO3/c1-12-8-13(2)10-15(9-12)18-20-16(19(21)23-18)11-14-6-4-5-7-17(14)22-3/h4-11H,1-3H3/b16-11-. The van der Waals surface area contributed by atoms with E-state index >= 15 is 0 Å². The predicted molar refractivity (Wildman–Crippen MR) is 89.5 cm³/mol. The number of methoxy groups -OCH3 is 1. The van der Waals surface area contributed by atoms with Gasteiger partial charge in [-0.05, 0) is 38.1 Å². The highest BCUT2D eigenvalue weighted by molar-refractivity contribution is 6.13. The van der Waals surface area contributed by atoms with Crippen LogP contribution in [-0.2, 0) is 9.53 Å². The fourth-order valence-corrected chi connectivity index (χ4v) is 2.56. The lowest BCUT2D eigenvalue weighted by Crippen LogP contribution is -2.06. The van der Waals surface area contributed by atoms with Gasteiger partial charge in [0.15, 0.2) is 5.70 Å². The van der Waals surface area contributed by atoms with Gasteiger partial charge in [-0.15, -0.1) is 0 Å². The molecule has 0 unspecified atom stereocenters. The minimum Gasteiger partial charge on any atom is -0.496 e. The largest absolute Gasteiger partial charge is 0.496 e. The van der Waals surface area contributed by atoms with Crippen molar-refractivity contribution >= 4 is 17.9 Å². The van der Waals surface area contributed by atoms with Crippen molar-refractivity contribution in [2.24, 2.45) is 4.99 Å². The summed E-state index contributed by atoms with van der Waals surface area (Å²) in [6, 6.07) is 13.4. The molecule has 1 aliphatic rings. The van der Waals surface area contributed by atoms with Gasteiger partial charge < -0.3 is 9.47 Å². The minimum atomic E-state index is -0.454. The molecule has 4 heteroatoms. The fourth-order valence-electron chi connectivity index (χ4n) is 2.56. The number of cyclic esters (lactones) is 1. The number of aliphatic imine (C=N–C) groups is 1. The molecule has 116 valence electrons. The Hall–Kier alpha value is -2.88. The number of hydrogen-bond donors (Lipinski definition) is 0. The lowest BCUT2D eigenvalue weighted by molar-refractivity contribution is -0.129. The van der Waals surface area contributed by atoms with Crippen LogP contribution in [0.5, 0.6) is 5.75 Å². The van der Waals surface area contributed by atoms with E-state index < -0.39 is 5.97 Å². The van der Waals surface area contributed by atoms with Crippen LogP contribution in [0.2, 0.25) is 0 Å². The number of rotatable bonds is 3. The highest BCUT2D eigenvalue weighted by atomic mass is 16.6. The van der Waals surface area contributed by atoms with Gasteiger partial charge in [-0.3, -0.25) is 0 Å². The van der Waals surface area contributed by atoms with Crippen molar-refractivity contribution in [1.82, 2.24) is 0 Å². The number of nitrogens with zero attached hydrogens (tertiary/aromatic N) is 1. The average molecular weight is 307 g/mol. The van der Waals surface area contributed by atoms with Gasteiger partial charge in [-0.25, -0.2) is 9.79 Å². The summed E-state index contributed by atoms with van der Waals surface area (Å²) >= 11 is 0. The number of aryl methyl sites for hydroxylation is 2. The third kappa shape index (κ3) is 3.16.